The second kappa shape index (κ2) is 12.2. The number of nitrogens with zero attached hydrogens (tertiary/aromatic N) is 4. The highest BCUT2D eigenvalue weighted by atomic mass is 35.5. The molecule has 0 spiro atoms. The monoisotopic (exact) mass is 729 g/mol. The quantitative estimate of drug-likeness (QED) is 0.206. The molecule has 3 fully saturated rings. The van der Waals surface area contributed by atoms with Gasteiger partial charge in [-0.05, 0) is 60.5 Å². The number of rotatable bonds is 5. The zero-order valence-corrected chi connectivity index (χ0v) is 30.4. The Morgan fingerprint density at radius 3 is 2.30 bits per heavy atom. The van der Waals surface area contributed by atoms with E-state index in [9.17, 15) is 24.0 Å². The molecule has 53 heavy (non-hydrogen) atoms. The first-order chi connectivity index (χ1) is 25.2. The molecule has 0 radical (unpaired) electrons. The van der Waals surface area contributed by atoms with Crippen LogP contribution in [0.4, 0.5) is 11.4 Å². The molecule has 1 aliphatic carbocycles. The zero-order valence-electron chi connectivity index (χ0n) is 29.7. The van der Waals surface area contributed by atoms with E-state index >= 15 is 0 Å². The summed E-state index contributed by atoms with van der Waals surface area (Å²) in [5, 5.41) is 2.57. The third-order valence-electron chi connectivity index (χ3n) is 11.4. The number of ether oxygens (including phenoxy) is 1. The van der Waals surface area contributed by atoms with E-state index in [1.54, 1.807) is 36.4 Å². The number of imide groups is 2. The van der Waals surface area contributed by atoms with E-state index < -0.39 is 29.7 Å². The molecule has 0 bridgehead atoms. The number of anilines is 1. The van der Waals surface area contributed by atoms with Gasteiger partial charge in [-0.3, -0.25) is 34.2 Å². The summed E-state index contributed by atoms with van der Waals surface area (Å²) in [6.45, 7) is 17.5. The predicted octanol–water partition coefficient (Wildman–Crippen LogP) is 5.62. The molecule has 1 unspecified atom stereocenters. The van der Waals surface area contributed by atoms with E-state index in [0.29, 0.717) is 41.7 Å². The van der Waals surface area contributed by atoms with Crippen LogP contribution in [0, 0.1) is 35.2 Å². The second-order valence-corrected chi connectivity index (χ2v) is 16.0. The molecule has 268 valence electrons. The lowest BCUT2D eigenvalue weighted by molar-refractivity contribution is -0.199. The van der Waals surface area contributed by atoms with Crippen LogP contribution in [0.1, 0.15) is 82.7 Å². The van der Waals surface area contributed by atoms with Crippen molar-refractivity contribution in [2.45, 2.75) is 65.3 Å². The fourth-order valence-electron chi connectivity index (χ4n) is 9.25. The lowest BCUT2D eigenvalue weighted by atomic mass is 9.49. The van der Waals surface area contributed by atoms with Crippen LogP contribution in [0.25, 0.3) is 4.85 Å². The molecule has 5 amide bonds. The summed E-state index contributed by atoms with van der Waals surface area (Å²) in [5.41, 5.74) is 3.41. The van der Waals surface area contributed by atoms with Crippen LogP contribution in [0.5, 0.6) is 5.75 Å². The summed E-state index contributed by atoms with van der Waals surface area (Å²) in [7, 11) is 0. The zero-order chi connectivity index (χ0) is 37.6. The number of hydrogen-bond donors (Lipinski definition) is 1. The van der Waals surface area contributed by atoms with Gasteiger partial charge in [0.2, 0.25) is 17.5 Å². The summed E-state index contributed by atoms with van der Waals surface area (Å²) in [6.07, 6.45) is -0.0111. The van der Waals surface area contributed by atoms with E-state index in [2.05, 4.69) is 54.6 Å². The lowest BCUT2D eigenvalue weighted by Crippen LogP contribution is -2.74. The molecule has 8 rings (SSSR count). The average Bonchev–Trinajstić information content (AvgIpc) is 3.53. The van der Waals surface area contributed by atoms with Crippen LogP contribution in [0.2, 0.25) is 5.02 Å². The van der Waals surface area contributed by atoms with Crippen molar-refractivity contribution < 1.29 is 28.7 Å². The molecule has 0 aromatic heterocycles. The number of carbonyl (C=O) groups is 5. The molecule has 12 heteroatoms. The largest absolute Gasteiger partial charge is 0.489 e. The smallest absolute Gasteiger partial charge is 0.262 e. The Labute approximate surface area is 312 Å². The van der Waals surface area contributed by atoms with E-state index in [-0.39, 0.29) is 58.8 Å². The summed E-state index contributed by atoms with van der Waals surface area (Å²) >= 11 is 6.28. The van der Waals surface area contributed by atoms with Crippen molar-refractivity contribution in [3.63, 3.8) is 0 Å². The number of nitrogens with one attached hydrogen (secondary N) is 1. The molecular formula is C41H36ClN5O6. The van der Waals surface area contributed by atoms with Gasteiger partial charge in [0.1, 0.15) is 17.9 Å². The van der Waals surface area contributed by atoms with Gasteiger partial charge in [-0.25, -0.2) is 4.85 Å². The van der Waals surface area contributed by atoms with Gasteiger partial charge in [0, 0.05) is 59.7 Å². The Morgan fingerprint density at radius 1 is 0.887 bits per heavy atom. The molecule has 1 saturated carbocycles. The Kier molecular flexibility index (Phi) is 7.93. The number of amides is 5. The molecule has 2 saturated heterocycles. The molecule has 3 aromatic rings. The van der Waals surface area contributed by atoms with Gasteiger partial charge in [0.05, 0.1) is 28.6 Å². The molecular weight excluding hydrogens is 694 g/mol. The summed E-state index contributed by atoms with van der Waals surface area (Å²) in [6, 6.07) is 14.9. The van der Waals surface area contributed by atoms with Crippen LogP contribution < -0.4 is 15.0 Å². The van der Waals surface area contributed by atoms with Crippen molar-refractivity contribution in [3.05, 3.63) is 98.9 Å². The fraction of sp³-hybridized carbons (Fsp3) is 0.366. The number of benzene rings is 3. The van der Waals surface area contributed by atoms with Gasteiger partial charge >= 0.3 is 0 Å². The number of fused-ring (bicyclic) bond motifs is 2. The Bertz CT molecular complexity index is 2260. The normalized spacial score (nSPS) is 24.0. The number of hydrogen-bond acceptors (Lipinski definition) is 7. The first-order valence-corrected chi connectivity index (χ1v) is 18.0. The van der Waals surface area contributed by atoms with Crippen LogP contribution in [0.3, 0.4) is 0 Å². The van der Waals surface area contributed by atoms with E-state index in [0.717, 1.165) is 21.7 Å². The maximum atomic E-state index is 13.7. The highest BCUT2D eigenvalue weighted by molar-refractivity contribution is 6.33. The Balaban J connectivity index is 0.906. The van der Waals surface area contributed by atoms with Crippen LogP contribution in [-0.2, 0) is 16.1 Å². The average molecular weight is 730 g/mol. The van der Waals surface area contributed by atoms with Gasteiger partial charge in [0.15, 0.2) is 0 Å². The molecule has 11 nitrogen and oxygen atoms in total. The standard InChI is InChI=1S/C41H36ClN5O6/c1-40(2)38(41(3,4)39(40)53-26-10-13-31(43-5)30(42)18-26)46-21-24-16-22(8-11-27(24)35(46)50)6-7-23-19-45(20-23)25-9-12-28-29(17-25)37(52)47(36(28)51)32-14-15-33(48)44-34(32)49/h8-13,16-18,23,32,38-39H,14-15,19-21H2,1-4H3,(H,44,48,49). The predicted molar refractivity (Wildman–Crippen MR) is 195 cm³/mol. The SMILES string of the molecule is [C-]#[N+]c1ccc(OC2C(C)(C)C(N3Cc4cc(C#CC5CN(c6ccc7c(c6)C(=O)N(C6CCC(=O)NC6=O)C7=O)C5)ccc4C3=O)C2(C)C)cc1Cl. The number of carbonyl (C=O) groups excluding carboxylic acids is 5. The minimum Gasteiger partial charge on any atom is -0.489 e. The highest BCUT2D eigenvalue weighted by Gasteiger charge is 2.67. The van der Waals surface area contributed by atoms with Gasteiger partial charge < -0.3 is 14.5 Å². The topological polar surface area (TPSA) is 121 Å². The Morgan fingerprint density at radius 2 is 1.60 bits per heavy atom. The van der Waals surface area contributed by atoms with Crippen molar-refractivity contribution in [1.29, 1.82) is 0 Å². The van der Waals surface area contributed by atoms with Gasteiger partial charge in [0.25, 0.3) is 17.7 Å². The van der Waals surface area contributed by atoms with E-state index in [4.69, 9.17) is 22.9 Å². The maximum Gasteiger partial charge on any atom is 0.262 e. The van der Waals surface area contributed by atoms with Crippen LogP contribution in [0.15, 0.2) is 54.6 Å². The number of halogens is 1. The Hall–Kier alpha value is -5.65. The second-order valence-electron chi connectivity index (χ2n) is 15.6. The highest BCUT2D eigenvalue weighted by Crippen LogP contribution is 2.59. The van der Waals surface area contributed by atoms with E-state index in [1.165, 1.54) is 0 Å². The first-order valence-electron chi connectivity index (χ1n) is 17.6. The molecule has 1 N–H and O–H groups in total. The molecule has 5 aliphatic rings. The first kappa shape index (κ1) is 34.4. The molecule has 1 atom stereocenters. The molecule has 4 aliphatic heterocycles. The third kappa shape index (κ3) is 5.45. The maximum absolute atomic E-state index is 13.7. The molecule has 3 aromatic carbocycles. The molecule has 4 heterocycles. The van der Waals surface area contributed by atoms with Crippen LogP contribution >= 0.6 is 11.6 Å². The van der Waals surface area contributed by atoms with Crippen molar-refractivity contribution in [3.8, 4) is 17.6 Å². The van der Waals surface area contributed by atoms with Crippen molar-refractivity contribution >= 4 is 52.5 Å². The van der Waals surface area contributed by atoms with Gasteiger partial charge in [-0.1, -0.05) is 57.2 Å². The summed E-state index contributed by atoms with van der Waals surface area (Å²) in [5.74, 6) is 5.23. The van der Waals surface area contributed by atoms with E-state index in [1.807, 2.05) is 23.1 Å². The van der Waals surface area contributed by atoms with Gasteiger partial charge in [-0.15, -0.1) is 0 Å². The van der Waals surface area contributed by atoms with Crippen molar-refractivity contribution in [2.75, 3.05) is 18.0 Å². The summed E-state index contributed by atoms with van der Waals surface area (Å²) in [4.78, 5) is 72.5. The summed E-state index contributed by atoms with van der Waals surface area (Å²) < 4.78 is 6.45. The van der Waals surface area contributed by atoms with Crippen molar-refractivity contribution in [2.24, 2.45) is 16.7 Å². The number of piperidine rings is 1. The fourth-order valence-corrected chi connectivity index (χ4v) is 9.47. The minimum atomic E-state index is -1.00. The van der Waals surface area contributed by atoms with Crippen molar-refractivity contribution in [1.82, 2.24) is 15.1 Å². The van der Waals surface area contributed by atoms with Crippen LogP contribution in [-0.4, -0.2) is 70.6 Å². The lowest BCUT2D eigenvalue weighted by Gasteiger charge is -2.65. The minimum absolute atomic E-state index is 0.00189. The third-order valence-corrected chi connectivity index (χ3v) is 11.7. The van der Waals surface area contributed by atoms with Gasteiger partial charge in [-0.2, -0.15) is 0 Å².